The Morgan fingerprint density at radius 2 is 2.00 bits per heavy atom. The number of thiol groups is 1. The number of hydrogen-bond acceptors (Lipinski definition) is 6. The van der Waals surface area contributed by atoms with Crippen LogP contribution in [0.2, 0.25) is 0 Å². The van der Waals surface area contributed by atoms with Crippen LogP contribution in [0, 0.1) is 0 Å². The molecule has 1 atom stereocenters. The van der Waals surface area contributed by atoms with E-state index in [1.807, 2.05) is 49.5 Å². The predicted molar refractivity (Wildman–Crippen MR) is 117 cm³/mol. The van der Waals surface area contributed by atoms with E-state index >= 15 is 0 Å². The minimum atomic E-state index is -0.432. The summed E-state index contributed by atoms with van der Waals surface area (Å²) in [4.78, 5) is 19.0. The molecule has 1 aromatic heterocycles. The molecule has 1 aromatic carbocycles. The smallest absolute Gasteiger partial charge is 0.254 e. The Hall–Kier alpha value is -2.67. The average molecular weight is 398 g/mol. The fraction of sp³-hybridized carbons (Fsp3) is 0.333. The maximum Gasteiger partial charge on any atom is 0.254 e. The molecule has 2 aromatic rings. The Labute approximate surface area is 171 Å². The molecule has 0 fully saturated rings. The van der Waals surface area contributed by atoms with Crippen molar-refractivity contribution in [2.24, 2.45) is 0 Å². The molecule has 28 heavy (non-hydrogen) atoms. The first-order valence-electron chi connectivity index (χ1n) is 9.23. The second-order valence-corrected chi connectivity index (χ2v) is 8.12. The van der Waals surface area contributed by atoms with E-state index in [4.69, 9.17) is 18.4 Å². The van der Waals surface area contributed by atoms with Crippen LogP contribution in [-0.2, 0) is 11.3 Å². The van der Waals surface area contributed by atoms with Gasteiger partial charge in [-0.05, 0) is 43.7 Å². The number of amides is 1. The highest BCUT2D eigenvalue weighted by Gasteiger charge is 2.39. The molecular weight excluding hydrogens is 370 g/mol. The number of benzene rings is 1. The van der Waals surface area contributed by atoms with Crippen molar-refractivity contribution in [2.45, 2.75) is 37.7 Å². The van der Waals surface area contributed by atoms with Gasteiger partial charge in [0.25, 0.3) is 5.91 Å². The third kappa shape index (κ3) is 4.42. The zero-order valence-corrected chi connectivity index (χ0v) is 17.3. The van der Waals surface area contributed by atoms with Crippen LogP contribution < -0.4 is 16.4 Å². The van der Waals surface area contributed by atoms with Crippen LogP contribution in [0.5, 0.6) is 0 Å². The van der Waals surface area contributed by atoms with Crippen molar-refractivity contribution in [3.63, 3.8) is 0 Å². The van der Waals surface area contributed by atoms with Crippen LogP contribution in [0.3, 0.4) is 0 Å². The molecule has 0 bridgehead atoms. The monoisotopic (exact) mass is 397 g/mol. The first-order valence-corrected chi connectivity index (χ1v) is 9.75. The molecular formula is C21H27N5OS. The van der Waals surface area contributed by atoms with Crippen molar-refractivity contribution in [1.82, 2.24) is 15.2 Å². The summed E-state index contributed by atoms with van der Waals surface area (Å²) in [5, 5.41) is 6.33. The summed E-state index contributed by atoms with van der Waals surface area (Å²) in [6.45, 7) is 4.68. The van der Waals surface area contributed by atoms with E-state index in [2.05, 4.69) is 29.5 Å². The Morgan fingerprint density at radius 3 is 2.68 bits per heavy atom. The number of likely N-dealkylation sites (N-methyl/N-ethyl adjacent to an activating group) is 1. The SMILES string of the molecule is CN1C(=O)C(C(S)Nc2ccccc2)=C(NCc2ccnc(N)c2)CC1(C)C. The molecule has 1 amide bonds. The summed E-state index contributed by atoms with van der Waals surface area (Å²) in [6, 6.07) is 13.5. The normalized spacial score (nSPS) is 17.4. The maximum absolute atomic E-state index is 13.2. The van der Waals surface area contributed by atoms with Gasteiger partial charge in [-0.2, -0.15) is 0 Å². The van der Waals surface area contributed by atoms with Crippen LogP contribution in [0.15, 0.2) is 59.9 Å². The maximum atomic E-state index is 13.2. The minimum absolute atomic E-state index is 0.0311. The van der Waals surface area contributed by atoms with Gasteiger partial charge in [-0.3, -0.25) is 4.79 Å². The lowest BCUT2D eigenvalue weighted by Crippen LogP contribution is -2.52. The number of carbonyl (C=O) groups excluding carboxylic acids is 1. The van der Waals surface area contributed by atoms with Crippen molar-refractivity contribution in [3.05, 3.63) is 65.5 Å². The highest BCUT2D eigenvalue weighted by Crippen LogP contribution is 2.33. The van der Waals surface area contributed by atoms with Gasteiger partial charge in [-0.15, -0.1) is 12.6 Å². The molecule has 6 nitrogen and oxygen atoms in total. The van der Waals surface area contributed by atoms with E-state index < -0.39 is 5.37 Å². The summed E-state index contributed by atoms with van der Waals surface area (Å²) in [5.41, 5.74) is 8.94. The average Bonchev–Trinajstić information content (AvgIpc) is 2.65. The van der Waals surface area contributed by atoms with E-state index in [9.17, 15) is 4.79 Å². The number of pyridine rings is 1. The van der Waals surface area contributed by atoms with E-state index in [1.54, 1.807) is 11.1 Å². The lowest BCUT2D eigenvalue weighted by Gasteiger charge is -2.43. The molecule has 7 heteroatoms. The number of para-hydroxylation sites is 1. The summed E-state index contributed by atoms with van der Waals surface area (Å²) in [6.07, 6.45) is 2.39. The largest absolute Gasteiger partial charge is 0.384 e. The zero-order chi connectivity index (χ0) is 20.3. The molecule has 4 N–H and O–H groups in total. The quantitative estimate of drug-likeness (QED) is 0.445. The standard InChI is InChI=1S/C21H27N5OS/c1-21(2)12-16(24-13-14-9-10-23-17(22)11-14)18(20(27)26(21)3)19(28)25-15-7-5-4-6-8-15/h4-11,19,24-25,28H,12-13H2,1-3H3,(H2,22,23). The molecule has 0 spiro atoms. The molecule has 148 valence electrons. The van der Waals surface area contributed by atoms with Crippen LogP contribution >= 0.6 is 12.6 Å². The van der Waals surface area contributed by atoms with Gasteiger partial charge >= 0.3 is 0 Å². The van der Waals surface area contributed by atoms with Crippen LogP contribution in [0.25, 0.3) is 0 Å². The number of hydrogen-bond donors (Lipinski definition) is 4. The van der Waals surface area contributed by atoms with Crippen molar-refractivity contribution >= 4 is 30.0 Å². The number of anilines is 2. The lowest BCUT2D eigenvalue weighted by atomic mass is 9.88. The van der Waals surface area contributed by atoms with Gasteiger partial charge in [-0.25, -0.2) is 4.98 Å². The molecule has 1 aliphatic heterocycles. The van der Waals surface area contributed by atoms with Gasteiger partial charge in [0.2, 0.25) is 0 Å². The number of nitrogen functional groups attached to an aromatic ring is 1. The molecule has 2 heterocycles. The molecule has 0 saturated heterocycles. The van der Waals surface area contributed by atoms with Gasteiger partial charge in [0.05, 0.1) is 5.57 Å². The second kappa shape index (κ2) is 8.14. The predicted octanol–water partition coefficient (Wildman–Crippen LogP) is 3.02. The third-order valence-electron chi connectivity index (χ3n) is 5.08. The zero-order valence-electron chi connectivity index (χ0n) is 16.4. The van der Waals surface area contributed by atoms with Crippen LogP contribution in [-0.4, -0.2) is 33.8 Å². The van der Waals surface area contributed by atoms with Gasteiger partial charge in [0.15, 0.2) is 0 Å². The molecule has 0 radical (unpaired) electrons. The van der Waals surface area contributed by atoms with Crippen molar-refractivity contribution in [3.8, 4) is 0 Å². The Kier molecular flexibility index (Phi) is 5.84. The number of carbonyl (C=O) groups is 1. The van der Waals surface area contributed by atoms with Gasteiger partial charge < -0.3 is 21.3 Å². The fourth-order valence-electron chi connectivity index (χ4n) is 3.25. The third-order valence-corrected chi connectivity index (χ3v) is 5.47. The number of nitrogens with one attached hydrogen (secondary N) is 2. The van der Waals surface area contributed by atoms with Crippen molar-refractivity contribution < 1.29 is 4.79 Å². The molecule has 0 aliphatic carbocycles. The van der Waals surface area contributed by atoms with Gasteiger partial charge in [0.1, 0.15) is 11.2 Å². The minimum Gasteiger partial charge on any atom is -0.384 e. The van der Waals surface area contributed by atoms with Gasteiger partial charge in [-0.1, -0.05) is 18.2 Å². The summed E-state index contributed by atoms with van der Waals surface area (Å²) in [5.74, 6) is 0.447. The Morgan fingerprint density at radius 1 is 1.29 bits per heavy atom. The number of nitrogens with two attached hydrogens (primary N) is 1. The summed E-state index contributed by atoms with van der Waals surface area (Å²) in [7, 11) is 1.84. The topological polar surface area (TPSA) is 83.3 Å². The molecule has 1 aliphatic rings. The molecule has 0 saturated carbocycles. The number of rotatable bonds is 6. The highest BCUT2D eigenvalue weighted by atomic mass is 32.1. The fourth-order valence-corrected chi connectivity index (χ4v) is 3.66. The highest BCUT2D eigenvalue weighted by molar-refractivity contribution is 7.81. The van der Waals surface area contributed by atoms with E-state index in [0.717, 1.165) is 16.9 Å². The number of aromatic nitrogens is 1. The van der Waals surface area contributed by atoms with Crippen molar-refractivity contribution in [1.29, 1.82) is 0 Å². The Balaban J connectivity index is 1.89. The first kappa shape index (κ1) is 20.1. The van der Waals surface area contributed by atoms with Crippen molar-refractivity contribution in [2.75, 3.05) is 18.1 Å². The Bertz CT molecular complexity index is 881. The first-order chi connectivity index (χ1) is 13.3. The summed E-state index contributed by atoms with van der Waals surface area (Å²) < 4.78 is 0. The van der Waals surface area contributed by atoms with E-state index in [0.29, 0.717) is 24.4 Å². The van der Waals surface area contributed by atoms with E-state index in [1.165, 1.54) is 0 Å². The second-order valence-electron chi connectivity index (χ2n) is 7.60. The lowest BCUT2D eigenvalue weighted by molar-refractivity contribution is -0.131. The molecule has 3 rings (SSSR count). The van der Waals surface area contributed by atoms with E-state index in [-0.39, 0.29) is 11.4 Å². The van der Waals surface area contributed by atoms with Crippen LogP contribution in [0.4, 0.5) is 11.5 Å². The van der Waals surface area contributed by atoms with Gasteiger partial charge in [0, 0.05) is 43.1 Å². The van der Waals surface area contributed by atoms with Crippen LogP contribution in [0.1, 0.15) is 25.8 Å². The molecule has 1 unspecified atom stereocenters. The summed E-state index contributed by atoms with van der Waals surface area (Å²) >= 11 is 4.71. The number of nitrogens with zero attached hydrogens (tertiary/aromatic N) is 2.